The van der Waals surface area contributed by atoms with Crippen molar-refractivity contribution >= 4 is 29.3 Å². The lowest BCUT2D eigenvalue weighted by atomic mass is 10.2. The Morgan fingerprint density at radius 1 is 1.45 bits per heavy atom. The molecule has 2 N–H and O–H groups in total. The number of rotatable bonds is 2. The standard InChI is InChI=1S/C12H11ClF3N3O3/c13-8-3-6(12(14,15)16)4-17-9(8)19-2-1-7(5-19)18-10(20)11(21)22/h3-4,7H,1-2,5H2,(H,18,20)(H,21,22). The molecular formula is C12H11ClF3N3O3. The molecule has 1 saturated heterocycles. The van der Waals surface area contributed by atoms with Gasteiger partial charge in [0.05, 0.1) is 10.6 Å². The molecule has 0 radical (unpaired) electrons. The number of pyridine rings is 1. The van der Waals surface area contributed by atoms with Crippen molar-refractivity contribution in [1.82, 2.24) is 10.3 Å². The van der Waals surface area contributed by atoms with Gasteiger partial charge >= 0.3 is 18.1 Å². The summed E-state index contributed by atoms with van der Waals surface area (Å²) in [5.41, 5.74) is -0.948. The number of aliphatic carboxylic acids is 1. The Morgan fingerprint density at radius 3 is 2.68 bits per heavy atom. The van der Waals surface area contributed by atoms with Gasteiger partial charge in [-0.1, -0.05) is 11.6 Å². The van der Waals surface area contributed by atoms with Gasteiger partial charge in [-0.05, 0) is 12.5 Å². The highest BCUT2D eigenvalue weighted by Gasteiger charge is 2.33. The topological polar surface area (TPSA) is 82.5 Å². The predicted octanol–water partition coefficient (Wildman–Crippen LogP) is 1.53. The fourth-order valence-corrected chi connectivity index (χ4v) is 2.42. The molecule has 1 atom stereocenters. The summed E-state index contributed by atoms with van der Waals surface area (Å²) >= 11 is 5.83. The highest BCUT2D eigenvalue weighted by Crippen LogP contribution is 2.34. The summed E-state index contributed by atoms with van der Waals surface area (Å²) < 4.78 is 37.6. The number of nitrogens with zero attached hydrogens (tertiary/aromatic N) is 2. The van der Waals surface area contributed by atoms with Crippen LogP contribution >= 0.6 is 11.6 Å². The van der Waals surface area contributed by atoms with E-state index in [-0.39, 0.29) is 17.4 Å². The summed E-state index contributed by atoms with van der Waals surface area (Å²) in [6.07, 6.45) is -3.40. The fraction of sp³-hybridized carbons (Fsp3) is 0.417. The second-order valence-corrected chi connectivity index (χ2v) is 5.14. The maximum absolute atomic E-state index is 12.5. The lowest BCUT2D eigenvalue weighted by Crippen LogP contribution is -2.40. The molecule has 2 heterocycles. The number of carbonyl (C=O) groups excluding carboxylic acids is 1. The van der Waals surface area contributed by atoms with Gasteiger partial charge < -0.3 is 15.3 Å². The van der Waals surface area contributed by atoms with Crippen molar-refractivity contribution in [2.75, 3.05) is 18.0 Å². The molecule has 10 heteroatoms. The number of nitrogens with one attached hydrogen (secondary N) is 1. The predicted molar refractivity (Wildman–Crippen MR) is 70.6 cm³/mol. The van der Waals surface area contributed by atoms with E-state index in [1.165, 1.54) is 0 Å². The summed E-state index contributed by atoms with van der Waals surface area (Å²) in [6.45, 7) is 0.611. The van der Waals surface area contributed by atoms with E-state index in [9.17, 15) is 22.8 Å². The number of alkyl halides is 3. The van der Waals surface area contributed by atoms with E-state index in [4.69, 9.17) is 16.7 Å². The van der Waals surface area contributed by atoms with Crippen LogP contribution in [-0.2, 0) is 15.8 Å². The third-order valence-electron chi connectivity index (χ3n) is 3.17. The number of anilines is 1. The molecule has 120 valence electrons. The molecule has 1 aliphatic rings. The molecule has 6 nitrogen and oxygen atoms in total. The Morgan fingerprint density at radius 2 is 2.14 bits per heavy atom. The number of halogens is 4. The molecule has 0 saturated carbocycles. The van der Waals surface area contributed by atoms with Gasteiger partial charge in [0.1, 0.15) is 5.82 Å². The second-order valence-electron chi connectivity index (χ2n) is 4.74. The van der Waals surface area contributed by atoms with Crippen LogP contribution in [0.25, 0.3) is 0 Å². The monoisotopic (exact) mass is 337 g/mol. The average molecular weight is 338 g/mol. The SMILES string of the molecule is O=C(O)C(=O)NC1CCN(c2ncc(C(F)(F)F)cc2Cl)C1. The Bertz CT molecular complexity index is 609. The minimum Gasteiger partial charge on any atom is -0.474 e. The molecule has 1 aromatic heterocycles. The molecule has 0 spiro atoms. The highest BCUT2D eigenvalue weighted by molar-refractivity contribution is 6.33. The molecule has 0 aromatic carbocycles. The number of amides is 1. The Balaban J connectivity index is 2.08. The van der Waals surface area contributed by atoms with Crippen molar-refractivity contribution in [2.45, 2.75) is 18.6 Å². The van der Waals surface area contributed by atoms with Gasteiger partial charge in [0.15, 0.2) is 0 Å². The van der Waals surface area contributed by atoms with Gasteiger partial charge in [-0.2, -0.15) is 13.2 Å². The zero-order valence-corrected chi connectivity index (χ0v) is 11.8. The van der Waals surface area contributed by atoms with Gasteiger partial charge in [-0.25, -0.2) is 9.78 Å². The minimum atomic E-state index is -4.53. The van der Waals surface area contributed by atoms with Crippen LogP contribution in [0.5, 0.6) is 0 Å². The number of carbonyl (C=O) groups is 2. The third kappa shape index (κ3) is 3.59. The molecule has 22 heavy (non-hydrogen) atoms. The molecule has 1 fully saturated rings. The number of aromatic nitrogens is 1. The van der Waals surface area contributed by atoms with E-state index >= 15 is 0 Å². The number of hydrogen-bond donors (Lipinski definition) is 2. The van der Waals surface area contributed by atoms with Crippen molar-refractivity contribution in [3.8, 4) is 0 Å². The number of carboxylic acid groups (broad SMARTS) is 1. The van der Waals surface area contributed by atoms with E-state index in [0.717, 1.165) is 6.07 Å². The quantitative estimate of drug-likeness (QED) is 0.800. The summed E-state index contributed by atoms with van der Waals surface area (Å²) in [4.78, 5) is 26.8. The molecule has 0 aliphatic carbocycles. The van der Waals surface area contributed by atoms with Gasteiger partial charge in [-0.3, -0.25) is 4.79 Å². The van der Waals surface area contributed by atoms with Crippen LogP contribution in [-0.4, -0.2) is 41.1 Å². The second kappa shape index (κ2) is 5.99. The van der Waals surface area contributed by atoms with Crippen LogP contribution in [0.1, 0.15) is 12.0 Å². The Hall–Kier alpha value is -2.03. The Labute approximate surface area is 127 Å². The lowest BCUT2D eigenvalue weighted by Gasteiger charge is -2.19. The third-order valence-corrected chi connectivity index (χ3v) is 3.44. The van der Waals surface area contributed by atoms with E-state index in [1.54, 1.807) is 4.90 Å². The van der Waals surface area contributed by atoms with Gasteiger partial charge in [-0.15, -0.1) is 0 Å². The first kappa shape index (κ1) is 16.3. The number of carboxylic acids is 1. The van der Waals surface area contributed by atoms with Crippen LogP contribution in [0.4, 0.5) is 19.0 Å². The summed E-state index contributed by atoms with van der Waals surface area (Å²) in [7, 11) is 0. The summed E-state index contributed by atoms with van der Waals surface area (Å²) in [6, 6.07) is 0.358. The van der Waals surface area contributed by atoms with E-state index in [0.29, 0.717) is 19.2 Å². The van der Waals surface area contributed by atoms with Gasteiger partial charge in [0.2, 0.25) is 0 Å². The van der Waals surface area contributed by atoms with Crippen LogP contribution < -0.4 is 10.2 Å². The highest BCUT2D eigenvalue weighted by atomic mass is 35.5. The number of hydrogen-bond acceptors (Lipinski definition) is 4. The summed E-state index contributed by atoms with van der Waals surface area (Å²) in [5.74, 6) is -2.55. The maximum Gasteiger partial charge on any atom is 0.417 e. The van der Waals surface area contributed by atoms with Crippen LogP contribution in [0.2, 0.25) is 5.02 Å². The van der Waals surface area contributed by atoms with Gasteiger partial charge in [0.25, 0.3) is 0 Å². The summed E-state index contributed by atoms with van der Waals surface area (Å²) in [5, 5.41) is 10.7. The molecule has 2 rings (SSSR count). The molecule has 1 amide bonds. The van der Waals surface area contributed by atoms with E-state index in [2.05, 4.69) is 10.3 Å². The maximum atomic E-state index is 12.5. The van der Waals surface area contributed by atoms with Crippen molar-refractivity contribution < 1.29 is 27.9 Å². The van der Waals surface area contributed by atoms with Crippen molar-refractivity contribution in [1.29, 1.82) is 0 Å². The van der Waals surface area contributed by atoms with Crippen molar-refractivity contribution in [3.05, 3.63) is 22.8 Å². The molecule has 1 aromatic rings. The molecule has 1 aliphatic heterocycles. The van der Waals surface area contributed by atoms with Crippen LogP contribution in [0.15, 0.2) is 12.3 Å². The zero-order valence-electron chi connectivity index (χ0n) is 11.0. The van der Waals surface area contributed by atoms with Crippen molar-refractivity contribution in [2.24, 2.45) is 0 Å². The first-order chi connectivity index (χ1) is 10.2. The minimum absolute atomic E-state index is 0.153. The molecular weight excluding hydrogens is 327 g/mol. The normalized spacial score (nSPS) is 18.4. The van der Waals surface area contributed by atoms with Crippen LogP contribution in [0.3, 0.4) is 0 Å². The molecule has 0 bridgehead atoms. The first-order valence-corrected chi connectivity index (χ1v) is 6.57. The van der Waals surface area contributed by atoms with Gasteiger partial charge in [0, 0.05) is 25.3 Å². The Kier molecular flexibility index (Phi) is 4.45. The average Bonchev–Trinajstić information content (AvgIpc) is 2.85. The largest absolute Gasteiger partial charge is 0.474 e. The first-order valence-electron chi connectivity index (χ1n) is 6.20. The van der Waals surface area contributed by atoms with Crippen LogP contribution in [0, 0.1) is 0 Å². The fourth-order valence-electron chi connectivity index (χ4n) is 2.14. The van der Waals surface area contributed by atoms with Crippen molar-refractivity contribution in [3.63, 3.8) is 0 Å². The van der Waals surface area contributed by atoms with E-state index in [1.807, 2.05) is 0 Å². The molecule has 1 unspecified atom stereocenters. The smallest absolute Gasteiger partial charge is 0.417 e. The van der Waals surface area contributed by atoms with E-state index < -0.39 is 29.7 Å². The zero-order chi connectivity index (χ0) is 16.5. The lowest BCUT2D eigenvalue weighted by molar-refractivity contribution is -0.150.